The van der Waals surface area contributed by atoms with Crippen LogP contribution in [0.25, 0.3) is 10.9 Å². The molecule has 27 heavy (non-hydrogen) atoms. The number of aromatic nitrogens is 1. The van der Waals surface area contributed by atoms with Gasteiger partial charge in [0.1, 0.15) is 0 Å². The lowest BCUT2D eigenvalue weighted by Gasteiger charge is -2.49. The highest BCUT2D eigenvalue weighted by atomic mass is 16.1. The fourth-order valence-corrected chi connectivity index (χ4v) is 4.66. The minimum absolute atomic E-state index is 0.0134. The summed E-state index contributed by atoms with van der Waals surface area (Å²) in [5.41, 5.74) is 1.91. The van der Waals surface area contributed by atoms with Crippen LogP contribution in [0.1, 0.15) is 24.8 Å². The molecular weight excluding hydrogens is 340 g/mol. The molecule has 6 nitrogen and oxygen atoms in total. The van der Waals surface area contributed by atoms with Crippen molar-refractivity contribution in [3.05, 3.63) is 46.2 Å². The number of benzene rings is 1. The first kappa shape index (κ1) is 18.2. The molecule has 1 aromatic heterocycles. The lowest BCUT2D eigenvalue weighted by molar-refractivity contribution is -0.121. The van der Waals surface area contributed by atoms with Gasteiger partial charge in [0.25, 0.3) is 5.56 Å². The topological polar surface area (TPSA) is 57.6 Å². The smallest absolute Gasteiger partial charge is 0.255 e. The molecule has 4 rings (SSSR count). The van der Waals surface area contributed by atoms with Crippen LogP contribution in [0.4, 0.5) is 0 Å². The van der Waals surface area contributed by atoms with Gasteiger partial charge in [-0.15, -0.1) is 0 Å². The van der Waals surface area contributed by atoms with Crippen molar-refractivity contribution >= 4 is 16.8 Å². The zero-order valence-electron chi connectivity index (χ0n) is 16.2. The summed E-state index contributed by atoms with van der Waals surface area (Å²) in [5.74, 6) is 0.154. The Bertz CT molecular complexity index is 922. The number of amides is 1. The molecule has 2 saturated heterocycles. The van der Waals surface area contributed by atoms with Crippen LogP contribution in [0.5, 0.6) is 0 Å². The number of aryl methyl sites for hydroxylation is 1. The van der Waals surface area contributed by atoms with Crippen molar-refractivity contribution < 1.29 is 4.79 Å². The Morgan fingerprint density at radius 1 is 1.11 bits per heavy atom. The fraction of sp³-hybridized carbons (Fsp3) is 0.524. The van der Waals surface area contributed by atoms with E-state index in [0.717, 1.165) is 55.5 Å². The predicted octanol–water partition coefficient (Wildman–Crippen LogP) is 1.32. The lowest BCUT2D eigenvalue weighted by atomic mass is 9.86. The first-order valence-electron chi connectivity index (χ1n) is 9.76. The summed E-state index contributed by atoms with van der Waals surface area (Å²) in [6.45, 7) is 4.19. The number of nitrogens with one attached hydrogen (secondary N) is 1. The molecule has 3 heterocycles. The summed E-state index contributed by atoms with van der Waals surface area (Å²) in [7, 11) is 4.02. The number of fused-ring (bicyclic) bond motifs is 1. The molecule has 144 valence electrons. The van der Waals surface area contributed by atoms with E-state index in [-0.39, 0.29) is 17.0 Å². The Morgan fingerprint density at radius 2 is 1.93 bits per heavy atom. The van der Waals surface area contributed by atoms with Crippen LogP contribution < -0.4 is 10.9 Å². The second-order valence-corrected chi connectivity index (χ2v) is 8.05. The van der Waals surface area contributed by atoms with Gasteiger partial charge in [0.15, 0.2) is 0 Å². The van der Waals surface area contributed by atoms with Crippen molar-refractivity contribution in [2.24, 2.45) is 7.05 Å². The highest BCUT2D eigenvalue weighted by Gasteiger charge is 2.40. The van der Waals surface area contributed by atoms with E-state index in [4.69, 9.17) is 0 Å². The zero-order valence-corrected chi connectivity index (χ0v) is 16.2. The number of rotatable bonds is 2. The number of piperazine rings is 1. The largest absolute Gasteiger partial charge is 0.356 e. The van der Waals surface area contributed by atoms with Gasteiger partial charge < -0.3 is 9.88 Å². The second kappa shape index (κ2) is 7.09. The SMILES string of the molecule is CN1CCN(Cc2cc3ccccc3n(C)c2=O)CC12CCNC(=O)CC2. The van der Waals surface area contributed by atoms with E-state index in [2.05, 4.69) is 28.2 Å². The third-order valence-corrected chi connectivity index (χ3v) is 6.41. The summed E-state index contributed by atoms with van der Waals surface area (Å²) in [4.78, 5) is 29.5. The van der Waals surface area contributed by atoms with E-state index in [1.165, 1.54) is 0 Å². The van der Waals surface area contributed by atoms with Crippen LogP contribution in [0.2, 0.25) is 0 Å². The molecule has 1 spiro atoms. The molecule has 2 fully saturated rings. The lowest BCUT2D eigenvalue weighted by Crippen LogP contribution is -2.61. The van der Waals surface area contributed by atoms with Crippen LogP contribution in [0.3, 0.4) is 0 Å². The van der Waals surface area contributed by atoms with E-state index >= 15 is 0 Å². The van der Waals surface area contributed by atoms with Crippen molar-refractivity contribution in [3.63, 3.8) is 0 Å². The number of para-hydroxylation sites is 1. The van der Waals surface area contributed by atoms with Crippen molar-refractivity contribution in [1.29, 1.82) is 0 Å². The second-order valence-electron chi connectivity index (χ2n) is 8.05. The van der Waals surface area contributed by atoms with Crippen LogP contribution in [-0.2, 0) is 18.4 Å². The summed E-state index contributed by atoms with van der Waals surface area (Å²) < 4.78 is 1.75. The third-order valence-electron chi connectivity index (χ3n) is 6.41. The highest BCUT2D eigenvalue weighted by Crippen LogP contribution is 2.31. The molecule has 2 aromatic rings. The number of carbonyl (C=O) groups is 1. The summed E-state index contributed by atoms with van der Waals surface area (Å²) >= 11 is 0. The number of hydrogen-bond acceptors (Lipinski definition) is 4. The minimum Gasteiger partial charge on any atom is -0.356 e. The summed E-state index contributed by atoms with van der Waals surface area (Å²) in [6, 6.07) is 10.1. The van der Waals surface area contributed by atoms with Crippen LogP contribution >= 0.6 is 0 Å². The molecule has 6 heteroatoms. The molecule has 1 atom stereocenters. The average Bonchev–Trinajstić information content (AvgIpc) is 2.85. The molecule has 1 amide bonds. The first-order chi connectivity index (χ1) is 13.0. The van der Waals surface area contributed by atoms with E-state index < -0.39 is 0 Å². The number of likely N-dealkylation sites (N-methyl/N-ethyl adjacent to an activating group) is 1. The Kier molecular flexibility index (Phi) is 4.78. The van der Waals surface area contributed by atoms with Gasteiger partial charge in [-0.2, -0.15) is 0 Å². The molecule has 0 radical (unpaired) electrons. The normalized spacial score (nSPS) is 24.9. The van der Waals surface area contributed by atoms with Crippen LogP contribution in [-0.4, -0.2) is 59.0 Å². The Hall–Kier alpha value is -2.18. The summed E-state index contributed by atoms with van der Waals surface area (Å²) in [5, 5.41) is 4.10. The van der Waals surface area contributed by atoms with E-state index in [9.17, 15) is 9.59 Å². The minimum atomic E-state index is 0.0134. The van der Waals surface area contributed by atoms with Crippen molar-refractivity contribution in [3.8, 4) is 0 Å². The maximum Gasteiger partial charge on any atom is 0.255 e. The maximum absolute atomic E-state index is 12.9. The predicted molar refractivity (Wildman–Crippen MR) is 107 cm³/mol. The van der Waals surface area contributed by atoms with Gasteiger partial charge in [-0.1, -0.05) is 18.2 Å². The van der Waals surface area contributed by atoms with Gasteiger partial charge in [0.05, 0.1) is 5.52 Å². The van der Waals surface area contributed by atoms with Crippen molar-refractivity contribution in [1.82, 2.24) is 19.7 Å². The fourth-order valence-electron chi connectivity index (χ4n) is 4.66. The van der Waals surface area contributed by atoms with Gasteiger partial charge in [-0.05, 0) is 37.4 Å². The molecule has 0 bridgehead atoms. The van der Waals surface area contributed by atoms with Crippen molar-refractivity contribution in [2.45, 2.75) is 31.3 Å². The Morgan fingerprint density at radius 3 is 2.78 bits per heavy atom. The monoisotopic (exact) mass is 368 g/mol. The van der Waals surface area contributed by atoms with Gasteiger partial charge in [0.2, 0.25) is 5.91 Å². The molecular formula is C21H28N4O2. The highest BCUT2D eigenvalue weighted by molar-refractivity contribution is 5.79. The van der Waals surface area contributed by atoms with Crippen LogP contribution in [0.15, 0.2) is 35.1 Å². The van der Waals surface area contributed by atoms with Gasteiger partial charge in [-0.3, -0.25) is 19.4 Å². The number of pyridine rings is 1. The molecule has 1 aromatic carbocycles. The van der Waals surface area contributed by atoms with Gasteiger partial charge in [-0.25, -0.2) is 0 Å². The quantitative estimate of drug-likeness (QED) is 0.869. The number of nitrogens with zero attached hydrogens (tertiary/aromatic N) is 3. The zero-order chi connectivity index (χ0) is 19.0. The third kappa shape index (κ3) is 3.39. The molecule has 2 aliphatic heterocycles. The van der Waals surface area contributed by atoms with E-state index in [1.54, 1.807) is 4.57 Å². The van der Waals surface area contributed by atoms with E-state index in [1.807, 2.05) is 31.3 Å². The molecule has 2 aliphatic rings. The molecule has 1 N–H and O–H groups in total. The standard InChI is InChI=1S/C21H28N4O2/c1-23-11-12-25(15-21(23)8-7-19(26)22-10-9-21)14-17-13-16-5-3-4-6-18(16)24(2)20(17)27/h3-6,13H,7-12,14-15H2,1-2H3,(H,22,26). The van der Waals surface area contributed by atoms with Gasteiger partial charge in [0, 0.05) is 57.3 Å². The Labute approximate surface area is 159 Å². The maximum atomic E-state index is 12.9. The summed E-state index contributed by atoms with van der Waals surface area (Å²) in [6.07, 6.45) is 2.42. The van der Waals surface area contributed by atoms with Crippen LogP contribution in [0, 0.1) is 0 Å². The number of carbonyl (C=O) groups excluding carboxylic acids is 1. The number of hydrogen-bond donors (Lipinski definition) is 1. The molecule has 0 saturated carbocycles. The van der Waals surface area contributed by atoms with Gasteiger partial charge >= 0.3 is 0 Å². The average molecular weight is 368 g/mol. The Balaban J connectivity index is 1.60. The first-order valence-corrected chi connectivity index (χ1v) is 9.76. The van der Waals surface area contributed by atoms with E-state index in [0.29, 0.717) is 13.0 Å². The van der Waals surface area contributed by atoms with Crippen molar-refractivity contribution in [2.75, 3.05) is 33.2 Å². The molecule has 0 aliphatic carbocycles. The molecule has 1 unspecified atom stereocenters.